The molecular weight excluding hydrogens is 538 g/mol. The number of benzene rings is 1. The first kappa shape index (κ1) is 28.6. The number of likely N-dealkylation sites (N-methyl/N-ethyl adjacent to an activating group) is 1. The van der Waals surface area contributed by atoms with Crippen LogP contribution in [-0.2, 0) is 27.3 Å². The first-order chi connectivity index (χ1) is 18.8. The van der Waals surface area contributed by atoms with Gasteiger partial charge in [0, 0.05) is 29.1 Å². The van der Waals surface area contributed by atoms with E-state index in [9.17, 15) is 34.8 Å². The quantitative estimate of drug-likeness (QED) is 0.321. The lowest BCUT2D eigenvalue weighted by Crippen LogP contribution is -2.65. The van der Waals surface area contributed by atoms with Gasteiger partial charge in [0.05, 0.1) is 11.6 Å². The van der Waals surface area contributed by atoms with Crippen LogP contribution in [0, 0.1) is 11.8 Å². The summed E-state index contributed by atoms with van der Waals surface area (Å²) in [7, 11) is 3.14. The second-order valence-corrected chi connectivity index (χ2v) is 12.1. The van der Waals surface area contributed by atoms with E-state index in [-0.39, 0.29) is 29.7 Å². The number of hydrogen-bond donors (Lipinski definition) is 5. The molecule has 1 aromatic carbocycles. The number of aliphatic hydroxyl groups is 3. The number of nitrogens with two attached hydrogens (primary N) is 1. The molecule has 0 spiro atoms. The summed E-state index contributed by atoms with van der Waals surface area (Å²) in [5.74, 6) is -6.75. The molecule has 0 radical (unpaired) electrons. The zero-order valence-electron chi connectivity index (χ0n) is 22.9. The highest BCUT2D eigenvalue weighted by Crippen LogP contribution is 2.53. The number of halogens is 1. The van der Waals surface area contributed by atoms with E-state index in [4.69, 9.17) is 17.3 Å². The van der Waals surface area contributed by atoms with E-state index in [1.165, 1.54) is 23.8 Å². The maximum atomic E-state index is 13.9. The highest BCUT2D eigenvalue weighted by Gasteiger charge is 2.64. The molecule has 4 aliphatic rings. The van der Waals surface area contributed by atoms with Crippen LogP contribution in [0.4, 0.5) is 0 Å². The zero-order chi connectivity index (χ0) is 29.3. The predicted molar refractivity (Wildman–Crippen MR) is 148 cm³/mol. The van der Waals surface area contributed by atoms with Gasteiger partial charge in [0.25, 0.3) is 5.91 Å². The lowest BCUT2D eigenvalue weighted by Gasteiger charge is -2.50. The number of Topliss-reactive ketones (excluding diaryl/α,β-unsaturated/α-hetero) is 2. The van der Waals surface area contributed by atoms with E-state index >= 15 is 0 Å². The number of hydrogen-bond acceptors (Lipinski definition) is 9. The molecule has 6 N–H and O–H groups in total. The van der Waals surface area contributed by atoms with Crippen LogP contribution < -0.4 is 5.73 Å². The fourth-order valence-corrected chi connectivity index (χ4v) is 7.74. The molecule has 2 saturated carbocycles. The normalized spacial score (nSPS) is 28.8. The number of phenols is 1. The molecule has 0 saturated heterocycles. The molecule has 10 nitrogen and oxygen atoms in total. The summed E-state index contributed by atoms with van der Waals surface area (Å²) in [5.41, 5.74) is 2.90. The first-order valence-corrected chi connectivity index (χ1v) is 14.1. The number of rotatable bonds is 6. The van der Waals surface area contributed by atoms with Crippen molar-refractivity contribution in [3.63, 3.8) is 0 Å². The van der Waals surface area contributed by atoms with E-state index in [1.807, 2.05) is 0 Å². The Bertz CT molecular complexity index is 1360. The van der Waals surface area contributed by atoms with Crippen LogP contribution in [0.5, 0.6) is 5.75 Å². The number of aliphatic hydroxyl groups excluding tert-OH is 2. The number of carbonyl (C=O) groups excluding carboxylic acids is 3. The molecule has 40 heavy (non-hydrogen) atoms. The summed E-state index contributed by atoms with van der Waals surface area (Å²) >= 11 is 6.92. The Kier molecular flexibility index (Phi) is 7.27. The van der Waals surface area contributed by atoms with Gasteiger partial charge in [0.1, 0.15) is 22.8 Å². The van der Waals surface area contributed by atoms with Gasteiger partial charge in [0.2, 0.25) is 5.78 Å². The topological polar surface area (TPSA) is 165 Å². The van der Waals surface area contributed by atoms with E-state index < -0.39 is 58.0 Å². The molecule has 5 rings (SSSR count). The summed E-state index contributed by atoms with van der Waals surface area (Å²) < 4.78 is 0. The molecule has 1 amide bonds. The summed E-state index contributed by atoms with van der Waals surface area (Å²) in [6.07, 6.45) is 4.76. The van der Waals surface area contributed by atoms with Crippen molar-refractivity contribution in [3.8, 4) is 5.75 Å². The molecule has 0 aromatic heterocycles. The minimum atomic E-state index is -2.66. The third kappa shape index (κ3) is 4.07. The summed E-state index contributed by atoms with van der Waals surface area (Å²) in [4.78, 5) is 43.1. The maximum Gasteiger partial charge on any atom is 0.255 e. The summed E-state index contributed by atoms with van der Waals surface area (Å²) in [6, 6.07) is 0.813. The summed E-state index contributed by atoms with van der Waals surface area (Å²) in [6.45, 7) is 3.42. The van der Waals surface area contributed by atoms with Crippen LogP contribution in [0.1, 0.15) is 55.7 Å². The molecule has 4 atom stereocenters. The number of phenolic OH excluding ortho intramolecular Hbond substituents is 1. The number of aromatic hydroxyl groups is 1. The molecule has 1 aromatic rings. The zero-order valence-corrected chi connectivity index (χ0v) is 23.7. The number of nitrogens with zero attached hydrogens (tertiary/aromatic N) is 2. The van der Waals surface area contributed by atoms with Crippen LogP contribution in [0.2, 0.25) is 5.02 Å². The fourth-order valence-electron chi connectivity index (χ4n) is 7.45. The summed E-state index contributed by atoms with van der Waals surface area (Å²) in [5, 5.41) is 45.5. The van der Waals surface area contributed by atoms with Gasteiger partial charge in [-0.15, -0.1) is 0 Å². The van der Waals surface area contributed by atoms with E-state index in [1.54, 1.807) is 14.1 Å². The van der Waals surface area contributed by atoms with Crippen molar-refractivity contribution in [2.45, 2.75) is 69.7 Å². The van der Waals surface area contributed by atoms with Gasteiger partial charge in [-0.2, -0.15) is 0 Å². The second kappa shape index (κ2) is 10.2. The average molecular weight is 574 g/mol. The minimum Gasteiger partial charge on any atom is -0.508 e. The fraction of sp³-hybridized carbons (Fsp3) is 0.552. The molecule has 0 bridgehead atoms. The average Bonchev–Trinajstić information content (AvgIpc) is 3.41. The van der Waals surface area contributed by atoms with Crippen LogP contribution in [0.15, 0.2) is 23.0 Å². The molecular formula is C29H36ClN3O7. The smallest absolute Gasteiger partial charge is 0.255 e. The van der Waals surface area contributed by atoms with Crippen molar-refractivity contribution in [1.29, 1.82) is 0 Å². The van der Waals surface area contributed by atoms with Crippen molar-refractivity contribution >= 4 is 34.8 Å². The number of primary amides is 1. The Morgan fingerprint density at radius 1 is 1.18 bits per heavy atom. The predicted octanol–water partition coefficient (Wildman–Crippen LogP) is 2.38. The molecule has 0 unspecified atom stereocenters. The van der Waals surface area contributed by atoms with Crippen LogP contribution in [0.3, 0.4) is 0 Å². The highest BCUT2D eigenvalue weighted by atomic mass is 35.5. The Morgan fingerprint density at radius 2 is 1.82 bits per heavy atom. The van der Waals surface area contributed by atoms with Crippen molar-refractivity contribution in [1.82, 2.24) is 9.80 Å². The van der Waals surface area contributed by atoms with Gasteiger partial charge in [-0.25, -0.2) is 0 Å². The Hall–Kier alpha value is -2.92. The van der Waals surface area contributed by atoms with Crippen LogP contribution >= 0.6 is 11.6 Å². The van der Waals surface area contributed by atoms with E-state index in [0.717, 1.165) is 19.4 Å². The molecule has 0 heterocycles. The third-order valence-electron chi connectivity index (χ3n) is 9.35. The van der Waals surface area contributed by atoms with E-state index in [2.05, 4.69) is 11.8 Å². The third-order valence-corrected chi connectivity index (χ3v) is 9.82. The van der Waals surface area contributed by atoms with Crippen molar-refractivity contribution in [2.24, 2.45) is 17.6 Å². The van der Waals surface area contributed by atoms with Crippen molar-refractivity contribution in [2.75, 3.05) is 20.6 Å². The molecule has 216 valence electrons. The number of fused-ring (bicyclic) bond motifs is 3. The number of ketones is 2. The minimum absolute atomic E-state index is 0.00829. The Morgan fingerprint density at radius 3 is 2.40 bits per heavy atom. The SMILES string of the molecule is CCN(Cc1cc(O)c2c(c1Cl)C[C@H]1C[C@H]3[C@H](N(C)C)C(=O)C(C(N)=O)=C(O)[C@@]3(O)C(=O)C1=C2O)C1CCCC1. The molecule has 4 aliphatic carbocycles. The number of carbonyl (C=O) groups is 3. The van der Waals surface area contributed by atoms with E-state index in [0.29, 0.717) is 28.7 Å². The standard InChI is InChI=1S/C29H36ClN3O7/c1-4-33(15-7-5-6-8-15)12-14-11-18(34)20-16(22(14)30)9-13-10-17-23(32(2)3)25(36)21(28(31)39)27(38)29(17,40)26(37)19(13)24(20)35/h11,13,15,17,23,34-35,38,40H,4-10,12H2,1-3H3,(H2,31,39)/t13-,17-,23-,29-/m0/s1. The van der Waals surface area contributed by atoms with Crippen molar-refractivity contribution in [3.05, 3.63) is 44.7 Å². The molecule has 2 fully saturated rings. The van der Waals surface area contributed by atoms with Gasteiger partial charge >= 0.3 is 0 Å². The van der Waals surface area contributed by atoms with Crippen LogP contribution in [0.25, 0.3) is 5.76 Å². The molecule has 0 aliphatic heterocycles. The van der Waals surface area contributed by atoms with Gasteiger partial charge in [-0.3, -0.25) is 24.2 Å². The maximum absolute atomic E-state index is 13.9. The van der Waals surface area contributed by atoms with Crippen molar-refractivity contribution < 1.29 is 34.8 Å². The van der Waals surface area contributed by atoms with Gasteiger partial charge in [-0.1, -0.05) is 31.4 Å². The van der Waals surface area contributed by atoms with Gasteiger partial charge in [-0.05, 0) is 69.4 Å². The van der Waals surface area contributed by atoms with Gasteiger partial charge in [0.15, 0.2) is 11.4 Å². The largest absolute Gasteiger partial charge is 0.508 e. The molecule has 11 heteroatoms. The number of amides is 1. The van der Waals surface area contributed by atoms with Gasteiger partial charge < -0.3 is 26.2 Å². The Labute approximate surface area is 237 Å². The monoisotopic (exact) mass is 573 g/mol. The Balaban J connectivity index is 1.62. The second-order valence-electron chi connectivity index (χ2n) is 11.7. The lowest BCUT2D eigenvalue weighted by atomic mass is 9.57. The lowest BCUT2D eigenvalue weighted by molar-refractivity contribution is -0.153. The van der Waals surface area contributed by atoms with Crippen LogP contribution in [-0.4, -0.2) is 86.0 Å². The highest BCUT2D eigenvalue weighted by molar-refractivity contribution is 6.32. The first-order valence-electron chi connectivity index (χ1n) is 13.8.